The molecule has 0 heterocycles. The lowest BCUT2D eigenvalue weighted by molar-refractivity contribution is -0.210. The summed E-state index contributed by atoms with van der Waals surface area (Å²) in [4.78, 5) is 41.4. The van der Waals surface area contributed by atoms with E-state index in [2.05, 4.69) is 59.9 Å². The van der Waals surface area contributed by atoms with Crippen molar-refractivity contribution < 1.29 is 29.3 Å². The topological polar surface area (TPSA) is 116 Å². The second-order valence-electron chi connectivity index (χ2n) is 17.1. The number of fused-ring (bicyclic) bond motifs is 7. The van der Waals surface area contributed by atoms with Crippen LogP contribution in [0.5, 0.6) is 0 Å². The zero-order valence-corrected chi connectivity index (χ0v) is 28.6. The van der Waals surface area contributed by atoms with Crippen LogP contribution in [0.1, 0.15) is 113 Å². The van der Waals surface area contributed by atoms with Gasteiger partial charge < -0.3 is 25.2 Å². The number of allylic oxidation sites excluding steroid dienone is 2. The number of aliphatic hydroxyl groups is 2. The van der Waals surface area contributed by atoms with Crippen LogP contribution in [-0.2, 0) is 14.3 Å². The van der Waals surface area contributed by atoms with E-state index in [0.717, 1.165) is 57.8 Å². The van der Waals surface area contributed by atoms with Gasteiger partial charge in [-0.25, -0.2) is 4.79 Å². The monoisotopic (exact) mass is 614 g/mol. The molecule has 0 saturated heterocycles. The van der Waals surface area contributed by atoms with Gasteiger partial charge in [0.15, 0.2) is 5.78 Å². The maximum Gasteiger partial charge on any atom is 0.317 e. The second kappa shape index (κ2) is 11.1. The number of aliphatic hydroxyl groups excluding tert-OH is 2. The summed E-state index contributed by atoms with van der Waals surface area (Å²) in [5, 5.41) is 22.2. The summed E-state index contributed by atoms with van der Waals surface area (Å²) in [6.07, 6.45) is 10.4. The van der Waals surface area contributed by atoms with Gasteiger partial charge in [-0.05, 0) is 104 Å². The second-order valence-corrected chi connectivity index (χ2v) is 17.1. The van der Waals surface area contributed by atoms with Crippen LogP contribution in [0.2, 0.25) is 0 Å². The molecule has 0 radical (unpaired) electrons. The average Bonchev–Trinajstić information content (AvgIpc) is 2.92. The molecular weight excluding hydrogens is 556 g/mol. The van der Waals surface area contributed by atoms with Gasteiger partial charge in [0.05, 0.1) is 13.2 Å². The third-order valence-electron chi connectivity index (χ3n) is 14.3. The number of esters is 1. The number of ether oxygens (including phenoxy) is 1. The lowest BCUT2D eigenvalue weighted by Crippen LogP contribution is -2.67. The molecule has 0 aromatic rings. The predicted octanol–water partition coefficient (Wildman–Crippen LogP) is 5.65. The third kappa shape index (κ3) is 4.96. The Morgan fingerprint density at radius 2 is 1.57 bits per heavy atom. The van der Waals surface area contributed by atoms with E-state index in [0.29, 0.717) is 0 Å². The van der Waals surface area contributed by atoms with Gasteiger partial charge in [0.25, 0.3) is 0 Å². The minimum Gasteiger partial charge on any atom is -0.462 e. The van der Waals surface area contributed by atoms with Gasteiger partial charge in [0.1, 0.15) is 6.10 Å². The summed E-state index contributed by atoms with van der Waals surface area (Å²) >= 11 is 0. The maximum atomic E-state index is 14.6. The molecular formula is C36H58N2O6. The number of ketones is 1. The lowest BCUT2D eigenvalue weighted by atomic mass is 9.33. The smallest absolute Gasteiger partial charge is 0.317 e. The minimum absolute atomic E-state index is 0.0696. The highest BCUT2D eigenvalue weighted by molar-refractivity contribution is 5.95. The quantitative estimate of drug-likeness (QED) is 0.333. The molecule has 44 heavy (non-hydrogen) atoms. The number of nitrogens with one attached hydrogen (secondary N) is 1. The van der Waals surface area contributed by atoms with Crippen LogP contribution in [0.3, 0.4) is 0 Å². The number of hydrogen-bond acceptors (Lipinski definition) is 6. The van der Waals surface area contributed by atoms with Crippen LogP contribution in [0, 0.1) is 44.8 Å². The molecule has 0 aliphatic heterocycles. The number of amides is 2. The van der Waals surface area contributed by atoms with E-state index in [1.807, 2.05) is 0 Å². The molecule has 2 amide bonds. The van der Waals surface area contributed by atoms with Crippen molar-refractivity contribution in [1.82, 2.24) is 10.2 Å². The van der Waals surface area contributed by atoms with Crippen molar-refractivity contribution in [2.75, 3.05) is 26.3 Å². The SMILES string of the molecule is CC(=O)O[C@H]1CC[C@]2(C)[C@H]3C(=O)C=C4[C@@H]5C[C@@](C)(NC(=O)N(CCO)CCO)CC[C@]5(C)CC[C@@]4(C)[C@]3(C)CC[C@H]2C1(C)C. The fourth-order valence-corrected chi connectivity index (χ4v) is 11.6. The molecule has 8 nitrogen and oxygen atoms in total. The highest BCUT2D eigenvalue weighted by atomic mass is 16.5. The fraction of sp³-hybridized carbons (Fsp3) is 0.861. The van der Waals surface area contributed by atoms with E-state index < -0.39 is 5.54 Å². The van der Waals surface area contributed by atoms with E-state index in [1.54, 1.807) is 0 Å². The van der Waals surface area contributed by atoms with Gasteiger partial charge in [-0.1, -0.05) is 47.1 Å². The summed E-state index contributed by atoms with van der Waals surface area (Å²) in [5.41, 5.74) is 0.234. The van der Waals surface area contributed by atoms with Crippen molar-refractivity contribution >= 4 is 17.8 Å². The molecule has 3 N–H and O–H groups in total. The minimum atomic E-state index is -0.451. The van der Waals surface area contributed by atoms with E-state index in [4.69, 9.17) is 4.74 Å². The van der Waals surface area contributed by atoms with Crippen molar-refractivity contribution in [1.29, 1.82) is 0 Å². The Kier molecular flexibility index (Phi) is 8.44. The first-order chi connectivity index (χ1) is 20.4. The zero-order valence-electron chi connectivity index (χ0n) is 28.6. The van der Waals surface area contributed by atoms with E-state index in [1.165, 1.54) is 17.4 Å². The number of urea groups is 1. The summed E-state index contributed by atoms with van der Waals surface area (Å²) < 4.78 is 5.86. The lowest BCUT2D eigenvalue weighted by Gasteiger charge is -2.70. The van der Waals surface area contributed by atoms with E-state index in [9.17, 15) is 24.6 Å². The van der Waals surface area contributed by atoms with Crippen LogP contribution < -0.4 is 5.32 Å². The van der Waals surface area contributed by atoms with Crippen molar-refractivity contribution in [2.45, 2.75) is 125 Å². The van der Waals surface area contributed by atoms with Gasteiger partial charge in [0.2, 0.25) is 0 Å². The van der Waals surface area contributed by atoms with Gasteiger partial charge in [0, 0.05) is 36.9 Å². The normalized spacial score (nSPS) is 44.2. The number of hydrogen-bond donors (Lipinski definition) is 3. The van der Waals surface area contributed by atoms with Gasteiger partial charge in [-0.3, -0.25) is 9.59 Å². The molecule has 0 spiro atoms. The average molecular weight is 615 g/mol. The Hall–Kier alpha value is -1.93. The van der Waals surface area contributed by atoms with Crippen LogP contribution >= 0.6 is 0 Å². The summed E-state index contributed by atoms with van der Waals surface area (Å²) in [6, 6.07) is -0.253. The Morgan fingerprint density at radius 3 is 2.18 bits per heavy atom. The van der Waals surface area contributed by atoms with Gasteiger partial charge in [-0.15, -0.1) is 0 Å². The highest BCUT2D eigenvalue weighted by Crippen LogP contribution is 2.74. The molecule has 4 saturated carbocycles. The Balaban J connectivity index is 1.48. The standard InChI is InChI=1S/C36H58N2O6/c1-23(41)44-28-10-11-34(6)27(31(28,2)3)9-12-36(8)29(34)26(42)21-24-25-22-33(5,37-30(43)38(17-19-39)18-20-40)15-13-32(25,4)14-16-35(24,36)7/h21,25,27-29,39-40H,9-20,22H2,1-8H3,(H,37,43)/t25-,27-,28-,29+,32+,33-,34-,35+,36+/m0/s1. The number of carbonyl (C=O) groups is 3. The molecule has 9 atom stereocenters. The van der Waals surface area contributed by atoms with Gasteiger partial charge in [-0.2, -0.15) is 0 Å². The van der Waals surface area contributed by atoms with Crippen molar-refractivity contribution in [3.05, 3.63) is 11.6 Å². The first kappa shape index (κ1) is 33.4. The molecule has 248 valence electrons. The van der Waals surface area contributed by atoms with E-state index >= 15 is 0 Å². The Bertz CT molecular complexity index is 1210. The number of carbonyl (C=O) groups excluding carboxylic acids is 3. The molecule has 0 unspecified atom stereocenters. The van der Waals surface area contributed by atoms with Crippen LogP contribution in [0.15, 0.2) is 11.6 Å². The molecule has 5 aliphatic rings. The first-order valence-electron chi connectivity index (χ1n) is 17.1. The molecule has 4 fully saturated rings. The Labute approximate surface area is 264 Å². The predicted molar refractivity (Wildman–Crippen MR) is 170 cm³/mol. The van der Waals surface area contributed by atoms with Crippen molar-refractivity contribution in [2.24, 2.45) is 44.8 Å². The number of nitrogens with zero attached hydrogens (tertiary/aromatic N) is 1. The van der Waals surface area contributed by atoms with Crippen molar-refractivity contribution in [3.8, 4) is 0 Å². The summed E-state index contributed by atoms with van der Waals surface area (Å²) in [7, 11) is 0. The summed E-state index contributed by atoms with van der Waals surface area (Å²) in [5.74, 6) is 0.442. The zero-order chi connectivity index (χ0) is 32.5. The summed E-state index contributed by atoms with van der Waals surface area (Å²) in [6.45, 7) is 17.7. The van der Waals surface area contributed by atoms with E-state index in [-0.39, 0.29) is 95.0 Å². The van der Waals surface area contributed by atoms with Crippen LogP contribution in [-0.4, -0.2) is 70.8 Å². The molecule has 0 aromatic heterocycles. The maximum absolute atomic E-state index is 14.6. The third-order valence-corrected chi connectivity index (χ3v) is 14.3. The largest absolute Gasteiger partial charge is 0.462 e. The molecule has 0 bridgehead atoms. The first-order valence-corrected chi connectivity index (χ1v) is 17.1. The highest BCUT2D eigenvalue weighted by Gasteiger charge is 2.70. The molecule has 8 heteroatoms. The van der Waals surface area contributed by atoms with Crippen LogP contribution in [0.25, 0.3) is 0 Å². The van der Waals surface area contributed by atoms with Crippen LogP contribution in [0.4, 0.5) is 4.79 Å². The van der Waals surface area contributed by atoms with Gasteiger partial charge >= 0.3 is 12.0 Å². The molecule has 5 rings (SSSR count). The van der Waals surface area contributed by atoms with Crippen molar-refractivity contribution in [3.63, 3.8) is 0 Å². The molecule has 5 aliphatic carbocycles. The fourth-order valence-electron chi connectivity index (χ4n) is 11.6. The Morgan fingerprint density at radius 1 is 0.932 bits per heavy atom. The molecule has 0 aromatic carbocycles. The number of rotatable bonds is 6.